The van der Waals surface area contributed by atoms with Crippen LogP contribution in [0.25, 0.3) is 22.0 Å². The Morgan fingerprint density at radius 2 is 1.76 bits per heavy atom. The molecule has 2 saturated carbocycles. The van der Waals surface area contributed by atoms with Crippen molar-refractivity contribution < 1.29 is 41.8 Å². The van der Waals surface area contributed by atoms with Crippen LogP contribution >= 0.6 is 0 Å². The van der Waals surface area contributed by atoms with Crippen molar-refractivity contribution in [1.82, 2.24) is 25.2 Å². The average Bonchev–Trinajstić information content (AvgIpc) is 4.07. The van der Waals surface area contributed by atoms with Crippen LogP contribution < -0.4 is 20.1 Å². The molecule has 1 aliphatic heterocycles. The molecule has 6 atom stereocenters. The third kappa shape index (κ3) is 8.94. The summed E-state index contributed by atoms with van der Waals surface area (Å²) in [6.45, 7) is 12.4. The molecular weight excluding hydrogens is 727 g/mol. The smallest absolute Gasteiger partial charge is 0.408 e. The molecule has 6 rings (SSSR count). The quantitative estimate of drug-likeness (QED) is 0.201. The zero-order valence-corrected chi connectivity index (χ0v) is 32.6. The number of nitrogens with zero attached hydrogens (tertiary/aromatic N) is 2. The summed E-state index contributed by atoms with van der Waals surface area (Å²) in [6.07, 6.45) is 0.0610. The Balaban J connectivity index is 1.33. The number of carbonyl (C=O) groups is 4. The van der Waals surface area contributed by atoms with E-state index in [-0.39, 0.29) is 26.0 Å². The standard InChI is InChI=1S/C40H49N5O9S/c1-7-27-22-40(27,37(48)44-55(50,51)29-18-19-29)43-34(46)32-21-28(23-45(32)36(47)33(24(3)52-8-2)42-38(49)54-39(4,5)6)53-35-30-17-13-12-16-26(30)20-31(41-35)25-14-10-9-11-15-25/h7,9-17,20,24,27-29,32-33H,1,8,18-19,21-23H2,2-6H3,(H,42,49)(H,43,46)(H,44,48)/t24-,27+,28?,32-,33-,40+/m0/s1. The summed E-state index contributed by atoms with van der Waals surface area (Å²) >= 11 is 0. The Bertz CT molecular complexity index is 2070. The summed E-state index contributed by atoms with van der Waals surface area (Å²) < 4.78 is 45.5. The minimum atomic E-state index is -3.92. The van der Waals surface area contributed by atoms with Gasteiger partial charge in [0.25, 0.3) is 5.91 Å². The van der Waals surface area contributed by atoms with Gasteiger partial charge in [-0.1, -0.05) is 54.6 Å². The zero-order chi connectivity index (χ0) is 39.7. The SMILES string of the molecule is C=C[C@@H]1C[C@]1(NC(=O)[C@@H]1CC(Oc2nc(-c3ccccc3)cc3ccccc23)CN1C(=O)[C@@H](NC(=O)OC(C)(C)C)[C@H](C)OCC)C(=O)NS(=O)(=O)C1CC1. The van der Waals surface area contributed by atoms with Crippen molar-refractivity contribution in [3.63, 3.8) is 0 Å². The number of aromatic nitrogens is 1. The number of fused-ring (bicyclic) bond motifs is 1. The summed E-state index contributed by atoms with van der Waals surface area (Å²) in [5.74, 6) is -2.43. The van der Waals surface area contributed by atoms with Crippen LogP contribution in [0.5, 0.6) is 5.88 Å². The maximum absolute atomic E-state index is 14.6. The average molecular weight is 776 g/mol. The van der Waals surface area contributed by atoms with Gasteiger partial charge in [-0.3, -0.25) is 19.1 Å². The number of amides is 4. The van der Waals surface area contributed by atoms with Crippen molar-refractivity contribution in [3.8, 4) is 17.1 Å². The molecule has 2 aliphatic carbocycles. The van der Waals surface area contributed by atoms with Gasteiger partial charge in [0.05, 0.1) is 23.6 Å². The molecule has 0 spiro atoms. The highest BCUT2D eigenvalue weighted by atomic mass is 32.2. The van der Waals surface area contributed by atoms with Gasteiger partial charge in [0, 0.05) is 29.9 Å². The largest absolute Gasteiger partial charge is 0.472 e. The molecule has 294 valence electrons. The first-order chi connectivity index (χ1) is 26.0. The monoisotopic (exact) mass is 775 g/mol. The van der Waals surface area contributed by atoms with Crippen molar-refractivity contribution in [2.45, 2.75) is 101 Å². The highest BCUT2D eigenvalue weighted by Crippen LogP contribution is 2.45. The molecular formula is C40H49N5O9S. The Labute approximate surface area is 321 Å². The van der Waals surface area contributed by atoms with E-state index in [9.17, 15) is 27.6 Å². The number of likely N-dealkylation sites (tertiary alicyclic amines) is 1. The fraction of sp³-hybridized carbons (Fsp3) is 0.475. The molecule has 2 heterocycles. The van der Waals surface area contributed by atoms with E-state index in [1.54, 1.807) is 34.6 Å². The maximum atomic E-state index is 14.6. The molecule has 3 fully saturated rings. The van der Waals surface area contributed by atoms with Gasteiger partial charge >= 0.3 is 6.09 Å². The molecule has 55 heavy (non-hydrogen) atoms. The lowest BCUT2D eigenvalue weighted by Crippen LogP contribution is -2.60. The number of nitrogens with one attached hydrogen (secondary N) is 3. The molecule has 2 aromatic carbocycles. The minimum absolute atomic E-state index is 0.0118. The number of ether oxygens (including phenoxy) is 3. The first-order valence-electron chi connectivity index (χ1n) is 18.6. The molecule has 3 aromatic rings. The Hall–Kier alpha value is -5.02. The van der Waals surface area contributed by atoms with Gasteiger partial charge < -0.3 is 29.7 Å². The number of benzene rings is 2. The summed E-state index contributed by atoms with van der Waals surface area (Å²) in [6, 6.07) is 16.7. The van der Waals surface area contributed by atoms with Gasteiger partial charge in [0.15, 0.2) is 0 Å². The van der Waals surface area contributed by atoms with Crippen molar-refractivity contribution in [1.29, 1.82) is 0 Å². The molecule has 1 aromatic heterocycles. The van der Waals surface area contributed by atoms with Crippen LogP contribution in [0.2, 0.25) is 0 Å². The lowest BCUT2D eigenvalue weighted by molar-refractivity contribution is -0.143. The number of sulfonamides is 1. The molecule has 14 nitrogen and oxygen atoms in total. The van der Waals surface area contributed by atoms with Crippen molar-refractivity contribution in [2.75, 3.05) is 13.2 Å². The summed E-state index contributed by atoms with van der Waals surface area (Å²) in [5.41, 5.74) is -0.907. The molecule has 0 bridgehead atoms. The Morgan fingerprint density at radius 3 is 2.40 bits per heavy atom. The van der Waals surface area contributed by atoms with E-state index in [1.807, 2.05) is 60.7 Å². The topological polar surface area (TPSA) is 182 Å². The van der Waals surface area contributed by atoms with E-state index in [0.29, 0.717) is 24.4 Å². The van der Waals surface area contributed by atoms with Gasteiger partial charge in [0.2, 0.25) is 27.7 Å². The van der Waals surface area contributed by atoms with E-state index in [2.05, 4.69) is 21.9 Å². The predicted octanol–water partition coefficient (Wildman–Crippen LogP) is 4.24. The molecule has 4 amide bonds. The van der Waals surface area contributed by atoms with Gasteiger partial charge in [-0.15, -0.1) is 6.58 Å². The molecule has 15 heteroatoms. The molecule has 3 aliphatic rings. The van der Waals surface area contributed by atoms with Crippen molar-refractivity contribution in [3.05, 3.63) is 73.3 Å². The van der Waals surface area contributed by atoms with Gasteiger partial charge in [-0.2, -0.15) is 0 Å². The first kappa shape index (κ1) is 39.7. The van der Waals surface area contributed by atoms with Gasteiger partial charge in [-0.05, 0) is 71.4 Å². The van der Waals surface area contributed by atoms with E-state index >= 15 is 0 Å². The van der Waals surface area contributed by atoms with Crippen LogP contribution in [0.15, 0.2) is 73.3 Å². The summed E-state index contributed by atoms with van der Waals surface area (Å²) in [4.78, 5) is 61.7. The number of carbonyl (C=O) groups excluding carboxylic acids is 4. The van der Waals surface area contributed by atoms with E-state index in [4.69, 9.17) is 19.2 Å². The third-order valence-electron chi connectivity index (χ3n) is 9.99. The fourth-order valence-corrected chi connectivity index (χ4v) is 8.28. The van der Waals surface area contributed by atoms with E-state index in [1.165, 1.54) is 11.0 Å². The highest BCUT2D eigenvalue weighted by molar-refractivity contribution is 7.91. The van der Waals surface area contributed by atoms with Crippen LogP contribution in [0.4, 0.5) is 4.79 Å². The summed E-state index contributed by atoms with van der Waals surface area (Å²) in [7, 11) is -3.92. The highest BCUT2D eigenvalue weighted by Gasteiger charge is 2.62. The molecule has 0 radical (unpaired) electrons. The van der Waals surface area contributed by atoms with E-state index in [0.717, 1.165) is 16.3 Å². The zero-order valence-electron chi connectivity index (χ0n) is 31.7. The fourth-order valence-electron chi connectivity index (χ4n) is 6.92. The summed E-state index contributed by atoms with van der Waals surface area (Å²) in [5, 5.41) is 6.37. The molecule has 1 saturated heterocycles. The van der Waals surface area contributed by atoms with Crippen LogP contribution in [-0.4, -0.2) is 95.9 Å². The first-order valence-corrected chi connectivity index (χ1v) is 20.1. The van der Waals surface area contributed by atoms with Crippen LogP contribution in [0.3, 0.4) is 0 Å². The number of hydrogen-bond acceptors (Lipinski definition) is 10. The maximum Gasteiger partial charge on any atom is 0.408 e. The normalized spacial score (nSPS) is 23.3. The van der Waals surface area contributed by atoms with Gasteiger partial charge in [-0.25, -0.2) is 18.2 Å². The number of pyridine rings is 1. The van der Waals surface area contributed by atoms with Crippen molar-refractivity contribution >= 4 is 44.6 Å². The number of hydrogen-bond donors (Lipinski definition) is 3. The number of alkyl carbamates (subject to hydrolysis) is 1. The second-order valence-electron chi connectivity index (χ2n) is 15.3. The number of rotatable bonds is 14. The minimum Gasteiger partial charge on any atom is -0.472 e. The van der Waals surface area contributed by atoms with Gasteiger partial charge in [0.1, 0.15) is 29.3 Å². The Kier molecular flexibility index (Phi) is 11.3. The second kappa shape index (κ2) is 15.6. The lowest BCUT2D eigenvalue weighted by Gasteiger charge is -2.32. The predicted molar refractivity (Wildman–Crippen MR) is 205 cm³/mol. The van der Waals surface area contributed by atoms with Crippen LogP contribution in [0, 0.1) is 5.92 Å². The van der Waals surface area contributed by atoms with Crippen LogP contribution in [0.1, 0.15) is 60.3 Å². The van der Waals surface area contributed by atoms with Crippen molar-refractivity contribution in [2.24, 2.45) is 5.92 Å². The second-order valence-corrected chi connectivity index (χ2v) is 17.3. The Morgan fingerprint density at radius 1 is 1.07 bits per heavy atom. The van der Waals surface area contributed by atoms with Crippen LogP contribution in [-0.2, 0) is 33.9 Å². The molecule has 3 N–H and O–H groups in total. The third-order valence-corrected chi connectivity index (χ3v) is 11.8. The molecule has 1 unspecified atom stereocenters. The van der Waals surface area contributed by atoms with E-state index < -0.39 is 80.4 Å². The lowest BCUT2D eigenvalue weighted by atomic mass is 10.1.